The van der Waals surface area contributed by atoms with Gasteiger partial charge in [-0.05, 0) is 29.8 Å². The van der Waals surface area contributed by atoms with Crippen LogP contribution in [-0.2, 0) is 4.74 Å². The number of hydrogen-bond donors (Lipinski definition) is 1. The van der Waals surface area contributed by atoms with E-state index in [2.05, 4.69) is 4.98 Å². The third-order valence-corrected chi connectivity index (χ3v) is 5.83. The number of amides is 1. The van der Waals surface area contributed by atoms with Crippen LogP contribution < -0.4 is 10.3 Å². The molecule has 7 nitrogen and oxygen atoms in total. The van der Waals surface area contributed by atoms with Crippen molar-refractivity contribution >= 4 is 16.9 Å². The Kier molecular flexibility index (Phi) is 4.80. The molecule has 3 aromatic rings. The number of quaternary nitrogens is 1. The van der Waals surface area contributed by atoms with Gasteiger partial charge in [0.2, 0.25) is 5.76 Å². The van der Waals surface area contributed by atoms with Gasteiger partial charge in [-0.3, -0.25) is 14.6 Å². The van der Waals surface area contributed by atoms with Gasteiger partial charge < -0.3 is 19.0 Å². The van der Waals surface area contributed by atoms with E-state index in [0.29, 0.717) is 19.8 Å². The number of ether oxygens (including phenoxy) is 1. The first-order valence-corrected chi connectivity index (χ1v) is 10.0. The van der Waals surface area contributed by atoms with Gasteiger partial charge in [-0.2, -0.15) is 0 Å². The van der Waals surface area contributed by atoms with E-state index >= 15 is 0 Å². The SMILES string of the molecule is O=C1c2oc3ccc(F)cc3c(=O)c2[C@H](c2cccnc2)N1CC[NH+]1CCOCC1. The molecular weight excluding hydrogens is 389 g/mol. The number of nitrogens with one attached hydrogen (secondary N) is 1. The summed E-state index contributed by atoms with van der Waals surface area (Å²) in [6, 6.07) is 6.77. The average molecular weight is 410 g/mol. The number of morpholine rings is 1. The first-order valence-electron chi connectivity index (χ1n) is 10.0. The second-order valence-corrected chi connectivity index (χ2v) is 7.61. The molecule has 0 unspecified atom stereocenters. The zero-order valence-corrected chi connectivity index (χ0v) is 16.3. The highest BCUT2D eigenvalue weighted by Crippen LogP contribution is 2.37. The van der Waals surface area contributed by atoms with Crippen molar-refractivity contribution in [1.82, 2.24) is 9.88 Å². The summed E-state index contributed by atoms with van der Waals surface area (Å²) in [7, 11) is 0. The van der Waals surface area contributed by atoms with E-state index < -0.39 is 11.9 Å². The highest BCUT2D eigenvalue weighted by molar-refractivity contribution is 5.99. The largest absolute Gasteiger partial charge is 0.450 e. The molecule has 8 heteroatoms. The van der Waals surface area contributed by atoms with Crippen LogP contribution in [0.25, 0.3) is 11.0 Å². The van der Waals surface area contributed by atoms with Gasteiger partial charge in [0.25, 0.3) is 5.91 Å². The molecule has 30 heavy (non-hydrogen) atoms. The maximum absolute atomic E-state index is 13.8. The van der Waals surface area contributed by atoms with Crippen molar-refractivity contribution < 1.29 is 23.2 Å². The van der Waals surface area contributed by atoms with Crippen molar-refractivity contribution in [3.8, 4) is 0 Å². The second kappa shape index (κ2) is 7.62. The van der Waals surface area contributed by atoms with Crippen molar-refractivity contribution in [1.29, 1.82) is 0 Å². The number of halogens is 1. The molecule has 1 amide bonds. The van der Waals surface area contributed by atoms with Crippen molar-refractivity contribution in [2.45, 2.75) is 6.04 Å². The normalized spacial score (nSPS) is 19.4. The number of benzene rings is 1. The molecule has 0 saturated carbocycles. The van der Waals surface area contributed by atoms with Crippen LogP contribution in [0.1, 0.15) is 27.7 Å². The topological polar surface area (TPSA) is 77.1 Å². The lowest BCUT2D eigenvalue weighted by atomic mass is 10.00. The molecule has 2 aliphatic rings. The summed E-state index contributed by atoms with van der Waals surface area (Å²) in [5, 5.41) is 0.135. The smallest absolute Gasteiger partial charge is 0.291 e. The van der Waals surface area contributed by atoms with Gasteiger partial charge >= 0.3 is 0 Å². The van der Waals surface area contributed by atoms with Crippen LogP contribution in [0.3, 0.4) is 0 Å². The molecular formula is C22H21FN3O4+. The third kappa shape index (κ3) is 3.18. The predicted octanol–water partition coefficient (Wildman–Crippen LogP) is 0.787. The number of aromatic nitrogens is 1. The van der Waals surface area contributed by atoms with Crippen LogP contribution in [0.15, 0.2) is 51.9 Å². The van der Waals surface area contributed by atoms with Gasteiger partial charge in [-0.15, -0.1) is 0 Å². The lowest BCUT2D eigenvalue weighted by Crippen LogP contribution is -3.14. The Morgan fingerprint density at radius 1 is 1.20 bits per heavy atom. The van der Waals surface area contributed by atoms with Gasteiger partial charge in [0.15, 0.2) is 5.43 Å². The number of pyridine rings is 1. The molecule has 5 rings (SSSR count). The Morgan fingerprint density at radius 2 is 2.03 bits per heavy atom. The summed E-state index contributed by atoms with van der Waals surface area (Å²) < 4.78 is 25.0. The van der Waals surface area contributed by atoms with E-state index in [-0.39, 0.29) is 33.6 Å². The van der Waals surface area contributed by atoms with Crippen LogP contribution in [0.4, 0.5) is 4.39 Å². The summed E-state index contributed by atoms with van der Waals surface area (Å²) in [6.45, 7) is 4.36. The summed E-state index contributed by atoms with van der Waals surface area (Å²) in [5.74, 6) is -0.815. The maximum Gasteiger partial charge on any atom is 0.291 e. The molecule has 1 fully saturated rings. The predicted molar refractivity (Wildman–Crippen MR) is 106 cm³/mol. The monoisotopic (exact) mass is 410 g/mol. The van der Waals surface area contributed by atoms with Crippen LogP contribution in [0, 0.1) is 5.82 Å². The quantitative estimate of drug-likeness (QED) is 0.688. The molecule has 1 aromatic carbocycles. The lowest BCUT2D eigenvalue weighted by Gasteiger charge is -2.29. The molecule has 0 bridgehead atoms. The molecule has 0 aliphatic carbocycles. The number of fused-ring (bicyclic) bond motifs is 2. The fraction of sp³-hybridized carbons (Fsp3) is 0.318. The van der Waals surface area contributed by atoms with Crippen LogP contribution in [0.2, 0.25) is 0 Å². The van der Waals surface area contributed by atoms with Crippen LogP contribution in [0.5, 0.6) is 0 Å². The van der Waals surface area contributed by atoms with E-state index in [1.807, 2.05) is 6.07 Å². The first kappa shape index (κ1) is 18.9. The van der Waals surface area contributed by atoms with Gasteiger partial charge in [-0.25, -0.2) is 4.39 Å². The molecule has 2 aliphatic heterocycles. The van der Waals surface area contributed by atoms with Gasteiger partial charge in [0, 0.05) is 12.4 Å². The standard InChI is InChI=1S/C22H20FN3O4/c23-15-3-4-17-16(12-15)20(27)18-19(14-2-1-5-24-13-14)26(22(28)21(18)30-17)7-6-25-8-10-29-11-9-25/h1-5,12-13,19H,6-11H2/p+1/t19-/m0/s1. The summed E-state index contributed by atoms with van der Waals surface area (Å²) in [5.41, 5.74) is 0.806. The van der Waals surface area contributed by atoms with E-state index in [0.717, 1.165) is 31.3 Å². The summed E-state index contributed by atoms with van der Waals surface area (Å²) in [6.07, 6.45) is 3.29. The van der Waals surface area contributed by atoms with Gasteiger partial charge in [0.05, 0.1) is 43.3 Å². The zero-order valence-electron chi connectivity index (χ0n) is 16.3. The van der Waals surface area contributed by atoms with Crippen molar-refractivity contribution in [3.05, 3.63) is 75.7 Å². The molecule has 2 aromatic heterocycles. The molecule has 1 N–H and O–H groups in total. The highest BCUT2D eigenvalue weighted by Gasteiger charge is 2.43. The minimum Gasteiger partial charge on any atom is -0.450 e. The van der Waals surface area contributed by atoms with Gasteiger partial charge in [-0.1, -0.05) is 6.07 Å². The molecule has 4 heterocycles. The molecule has 0 spiro atoms. The highest BCUT2D eigenvalue weighted by atomic mass is 19.1. The number of nitrogens with zero attached hydrogens (tertiary/aromatic N) is 2. The first-order chi connectivity index (χ1) is 14.6. The van der Waals surface area contributed by atoms with Crippen LogP contribution >= 0.6 is 0 Å². The Morgan fingerprint density at radius 3 is 2.80 bits per heavy atom. The lowest BCUT2D eigenvalue weighted by molar-refractivity contribution is -0.907. The van der Waals surface area contributed by atoms with E-state index in [1.165, 1.54) is 17.0 Å². The molecule has 1 saturated heterocycles. The Labute approximate surface area is 171 Å². The summed E-state index contributed by atoms with van der Waals surface area (Å²) >= 11 is 0. The molecule has 154 valence electrons. The zero-order chi connectivity index (χ0) is 20.7. The van der Waals surface area contributed by atoms with Crippen molar-refractivity contribution in [2.75, 3.05) is 39.4 Å². The number of rotatable bonds is 4. The van der Waals surface area contributed by atoms with Crippen molar-refractivity contribution in [3.63, 3.8) is 0 Å². The number of carbonyl (C=O) groups excluding carboxylic acids is 1. The minimum atomic E-state index is -0.606. The Balaban J connectivity index is 1.60. The third-order valence-electron chi connectivity index (χ3n) is 5.83. The second-order valence-electron chi connectivity index (χ2n) is 7.61. The fourth-order valence-corrected chi connectivity index (χ4v) is 4.30. The van der Waals surface area contributed by atoms with Crippen molar-refractivity contribution in [2.24, 2.45) is 0 Å². The Bertz CT molecular complexity index is 1160. The maximum atomic E-state index is 13.8. The van der Waals surface area contributed by atoms with E-state index in [9.17, 15) is 14.0 Å². The number of carbonyl (C=O) groups is 1. The fourth-order valence-electron chi connectivity index (χ4n) is 4.30. The molecule has 0 radical (unpaired) electrons. The average Bonchev–Trinajstić information content (AvgIpc) is 3.06. The number of hydrogen-bond acceptors (Lipinski definition) is 5. The van der Waals surface area contributed by atoms with E-state index in [4.69, 9.17) is 9.15 Å². The molecule has 1 atom stereocenters. The summed E-state index contributed by atoms with van der Waals surface area (Å²) in [4.78, 5) is 33.8. The van der Waals surface area contributed by atoms with E-state index in [1.54, 1.807) is 23.4 Å². The minimum absolute atomic E-state index is 0.0324. The Hall–Kier alpha value is -3.10. The van der Waals surface area contributed by atoms with Gasteiger partial charge in [0.1, 0.15) is 24.5 Å². The van der Waals surface area contributed by atoms with Crippen LogP contribution in [-0.4, -0.2) is 55.2 Å².